The number of halogens is 2. The fourth-order valence-electron chi connectivity index (χ4n) is 2.61. The van der Waals surface area contributed by atoms with Gasteiger partial charge in [-0.05, 0) is 31.5 Å². The van der Waals surface area contributed by atoms with Gasteiger partial charge in [-0.15, -0.1) is 0 Å². The molecule has 0 aliphatic carbocycles. The lowest BCUT2D eigenvalue weighted by atomic mass is 10.1. The van der Waals surface area contributed by atoms with Gasteiger partial charge in [-0.3, -0.25) is 4.68 Å². The minimum Gasteiger partial charge on any atom is -0.316 e. The second kappa shape index (κ2) is 7.05. The number of hydrogen-bond acceptors (Lipinski definition) is 2. The summed E-state index contributed by atoms with van der Waals surface area (Å²) in [5.74, 6) is -0.384. The molecule has 114 valence electrons. The number of aromatic nitrogens is 2. The molecule has 0 spiro atoms. The average Bonchev–Trinajstić information content (AvgIpc) is 2.81. The van der Waals surface area contributed by atoms with Crippen molar-refractivity contribution in [1.29, 1.82) is 0 Å². The Morgan fingerprint density at radius 3 is 2.67 bits per heavy atom. The second-order valence-electron chi connectivity index (χ2n) is 4.98. The molecule has 3 nitrogen and oxygen atoms in total. The first-order valence-corrected chi connectivity index (χ1v) is 7.65. The number of nitrogens with one attached hydrogen (secondary N) is 1. The van der Waals surface area contributed by atoms with Crippen molar-refractivity contribution in [2.24, 2.45) is 0 Å². The third-order valence-electron chi connectivity index (χ3n) is 3.62. The third kappa shape index (κ3) is 3.27. The molecule has 5 heteroatoms. The number of rotatable bonds is 6. The van der Waals surface area contributed by atoms with Crippen LogP contribution in [0.25, 0.3) is 0 Å². The van der Waals surface area contributed by atoms with Crippen LogP contribution in [-0.2, 0) is 25.9 Å². The van der Waals surface area contributed by atoms with Gasteiger partial charge in [-0.25, -0.2) is 4.39 Å². The van der Waals surface area contributed by atoms with E-state index in [1.165, 1.54) is 17.3 Å². The maximum atomic E-state index is 13.6. The molecule has 0 amide bonds. The highest BCUT2D eigenvalue weighted by molar-refractivity contribution is 6.31. The third-order valence-corrected chi connectivity index (χ3v) is 4.05. The Morgan fingerprint density at radius 2 is 2.05 bits per heavy atom. The highest BCUT2D eigenvalue weighted by atomic mass is 35.5. The number of aryl methyl sites for hydroxylation is 1. The van der Waals surface area contributed by atoms with Crippen molar-refractivity contribution in [2.75, 3.05) is 7.05 Å². The maximum Gasteiger partial charge on any atom is 0.142 e. The molecule has 0 aliphatic rings. The lowest BCUT2D eigenvalue weighted by molar-refractivity contribution is 0.611. The number of nitrogens with zero attached hydrogens (tertiary/aromatic N) is 2. The van der Waals surface area contributed by atoms with Crippen LogP contribution in [0, 0.1) is 5.82 Å². The van der Waals surface area contributed by atoms with Gasteiger partial charge >= 0.3 is 0 Å². The molecule has 0 unspecified atom stereocenters. The van der Waals surface area contributed by atoms with Crippen LogP contribution >= 0.6 is 11.6 Å². The molecule has 1 aromatic carbocycles. The van der Waals surface area contributed by atoms with Crippen molar-refractivity contribution >= 4 is 11.6 Å². The fourth-order valence-corrected chi connectivity index (χ4v) is 2.80. The Kier molecular flexibility index (Phi) is 5.37. The van der Waals surface area contributed by atoms with E-state index in [0.717, 1.165) is 30.6 Å². The standard InChI is InChI=1S/C16H21ClFN3/c1-4-14-12(9-19-3)15(5-2)21(20-14)10-11-7-6-8-13(18)16(11)17/h6-8,19H,4-5,9-10H2,1-3H3. The molecule has 0 saturated heterocycles. The molecule has 1 heterocycles. The van der Waals surface area contributed by atoms with E-state index in [0.29, 0.717) is 6.54 Å². The average molecular weight is 310 g/mol. The molecule has 2 aromatic rings. The van der Waals surface area contributed by atoms with Crippen molar-refractivity contribution in [3.8, 4) is 0 Å². The topological polar surface area (TPSA) is 29.9 Å². The second-order valence-corrected chi connectivity index (χ2v) is 5.36. The Balaban J connectivity index is 2.42. The van der Waals surface area contributed by atoms with Gasteiger partial charge in [0.25, 0.3) is 0 Å². The molecule has 0 saturated carbocycles. The summed E-state index contributed by atoms with van der Waals surface area (Å²) in [6.45, 7) is 5.50. The lowest BCUT2D eigenvalue weighted by Crippen LogP contribution is -2.11. The van der Waals surface area contributed by atoms with E-state index in [1.807, 2.05) is 17.8 Å². The molecule has 1 aromatic heterocycles. The van der Waals surface area contributed by atoms with E-state index in [2.05, 4.69) is 24.3 Å². The molecule has 0 bridgehead atoms. The normalized spacial score (nSPS) is 11.1. The summed E-state index contributed by atoms with van der Waals surface area (Å²) < 4.78 is 15.5. The van der Waals surface area contributed by atoms with Crippen LogP contribution in [0.5, 0.6) is 0 Å². The predicted molar refractivity (Wildman–Crippen MR) is 84.3 cm³/mol. The summed E-state index contributed by atoms with van der Waals surface area (Å²) in [5.41, 5.74) is 4.28. The van der Waals surface area contributed by atoms with Gasteiger partial charge in [-0.1, -0.05) is 37.6 Å². The SMILES string of the molecule is CCc1nn(Cc2cccc(F)c2Cl)c(CC)c1CNC. The molecule has 1 N–H and O–H groups in total. The first-order valence-electron chi connectivity index (χ1n) is 7.27. The van der Waals surface area contributed by atoms with Crippen molar-refractivity contribution in [3.05, 3.63) is 51.6 Å². The minimum absolute atomic E-state index is 0.184. The lowest BCUT2D eigenvalue weighted by Gasteiger charge is -2.09. The number of hydrogen-bond donors (Lipinski definition) is 1. The molecule has 21 heavy (non-hydrogen) atoms. The highest BCUT2D eigenvalue weighted by Gasteiger charge is 2.16. The Hall–Kier alpha value is -1.39. The molecular formula is C16H21ClFN3. The Morgan fingerprint density at radius 1 is 1.29 bits per heavy atom. The summed E-state index contributed by atoms with van der Waals surface area (Å²) >= 11 is 6.05. The first-order chi connectivity index (χ1) is 10.1. The zero-order valence-electron chi connectivity index (χ0n) is 12.7. The maximum absolute atomic E-state index is 13.6. The van der Waals surface area contributed by atoms with Crippen molar-refractivity contribution in [1.82, 2.24) is 15.1 Å². The molecule has 2 rings (SSSR count). The quantitative estimate of drug-likeness (QED) is 0.884. The minimum atomic E-state index is -0.384. The summed E-state index contributed by atoms with van der Waals surface area (Å²) in [5, 5.41) is 8.06. The molecule has 0 fully saturated rings. The Labute approximate surface area is 130 Å². The smallest absolute Gasteiger partial charge is 0.142 e. The van der Waals surface area contributed by atoms with Gasteiger partial charge in [0, 0.05) is 17.8 Å². The van der Waals surface area contributed by atoms with E-state index in [-0.39, 0.29) is 10.8 Å². The van der Waals surface area contributed by atoms with Crippen LogP contribution in [0.2, 0.25) is 5.02 Å². The zero-order chi connectivity index (χ0) is 15.4. The van der Waals surface area contributed by atoms with Gasteiger partial charge in [-0.2, -0.15) is 5.10 Å². The van der Waals surface area contributed by atoms with Gasteiger partial charge in [0.1, 0.15) is 5.82 Å². The van der Waals surface area contributed by atoms with E-state index in [1.54, 1.807) is 6.07 Å². The Bertz CT molecular complexity index is 622. The van der Waals surface area contributed by atoms with Gasteiger partial charge < -0.3 is 5.32 Å². The van der Waals surface area contributed by atoms with Crippen LogP contribution < -0.4 is 5.32 Å². The zero-order valence-corrected chi connectivity index (χ0v) is 13.5. The summed E-state index contributed by atoms with van der Waals surface area (Å²) in [4.78, 5) is 0. The van der Waals surface area contributed by atoms with Crippen molar-refractivity contribution < 1.29 is 4.39 Å². The molecule has 0 aliphatic heterocycles. The highest BCUT2D eigenvalue weighted by Crippen LogP contribution is 2.23. The molecule has 0 atom stereocenters. The van der Waals surface area contributed by atoms with Crippen LogP contribution in [0.15, 0.2) is 18.2 Å². The largest absolute Gasteiger partial charge is 0.316 e. The van der Waals surface area contributed by atoms with Crippen molar-refractivity contribution in [2.45, 2.75) is 39.8 Å². The monoisotopic (exact) mass is 309 g/mol. The van der Waals surface area contributed by atoms with Crippen molar-refractivity contribution in [3.63, 3.8) is 0 Å². The number of benzene rings is 1. The van der Waals surface area contributed by atoms with Gasteiger partial charge in [0.05, 0.1) is 17.3 Å². The molecular weight excluding hydrogens is 289 g/mol. The van der Waals surface area contributed by atoms with Crippen LogP contribution in [0.1, 0.15) is 36.4 Å². The van der Waals surface area contributed by atoms with E-state index >= 15 is 0 Å². The van der Waals surface area contributed by atoms with E-state index in [9.17, 15) is 4.39 Å². The van der Waals surface area contributed by atoms with Crippen LogP contribution in [0.4, 0.5) is 4.39 Å². The first kappa shape index (κ1) is 16.0. The summed E-state index contributed by atoms with van der Waals surface area (Å²) in [6.07, 6.45) is 1.77. The summed E-state index contributed by atoms with van der Waals surface area (Å²) in [7, 11) is 1.93. The van der Waals surface area contributed by atoms with Crippen LogP contribution in [0.3, 0.4) is 0 Å². The predicted octanol–water partition coefficient (Wildman–Crippen LogP) is 3.57. The van der Waals surface area contributed by atoms with E-state index in [4.69, 9.17) is 11.6 Å². The van der Waals surface area contributed by atoms with Gasteiger partial charge in [0.15, 0.2) is 0 Å². The fraction of sp³-hybridized carbons (Fsp3) is 0.438. The van der Waals surface area contributed by atoms with Gasteiger partial charge in [0.2, 0.25) is 0 Å². The van der Waals surface area contributed by atoms with Crippen LogP contribution in [-0.4, -0.2) is 16.8 Å². The molecule has 0 radical (unpaired) electrons. The van der Waals surface area contributed by atoms with E-state index < -0.39 is 0 Å². The summed E-state index contributed by atoms with van der Waals surface area (Å²) in [6, 6.07) is 4.90.